The lowest BCUT2D eigenvalue weighted by molar-refractivity contribution is -0.163. The number of halogens is 1. The maximum absolute atomic E-state index is 13.1. The number of carboxylic acid groups (broad SMARTS) is 1. The third kappa shape index (κ3) is 7.36. The Bertz CT molecular complexity index is 811. The Morgan fingerprint density at radius 1 is 1.00 bits per heavy atom. The molecule has 0 aliphatic rings. The molecule has 0 aliphatic heterocycles. The van der Waals surface area contributed by atoms with Crippen molar-refractivity contribution in [3.05, 3.63) is 35.6 Å². The van der Waals surface area contributed by atoms with Crippen LogP contribution in [0.15, 0.2) is 24.3 Å². The maximum atomic E-state index is 13.1. The number of hydrogen-bond acceptors (Lipinski definition) is 7. The molecular weight excluding hydrogens is 415 g/mol. The van der Waals surface area contributed by atoms with Crippen molar-refractivity contribution in [2.24, 2.45) is 11.8 Å². The fourth-order valence-corrected chi connectivity index (χ4v) is 2.95. The third-order valence-electron chi connectivity index (χ3n) is 4.57. The minimum Gasteiger partial charge on any atom is -0.480 e. The number of hydrogen-bond donors (Lipinski definition) is 3. The number of benzene rings is 1. The molecule has 0 unspecified atom stereocenters. The van der Waals surface area contributed by atoms with Crippen LogP contribution in [0.2, 0.25) is 0 Å². The molecule has 0 aromatic heterocycles. The number of carboxylic acids is 1. The van der Waals surface area contributed by atoms with E-state index in [4.69, 9.17) is 0 Å². The van der Waals surface area contributed by atoms with Crippen molar-refractivity contribution in [2.45, 2.75) is 32.4 Å². The van der Waals surface area contributed by atoms with Crippen LogP contribution in [0.3, 0.4) is 0 Å². The fourth-order valence-electron chi connectivity index (χ4n) is 2.95. The molecule has 0 fully saturated rings. The summed E-state index contributed by atoms with van der Waals surface area (Å²) in [5.74, 6) is -8.31. The van der Waals surface area contributed by atoms with Crippen LogP contribution in [-0.4, -0.2) is 61.1 Å². The molecule has 1 aromatic rings. The number of nitrogens with one attached hydrogen (secondary N) is 2. The van der Waals surface area contributed by atoms with Gasteiger partial charge in [-0.05, 0) is 17.7 Å². The summed E-state index contributed by atoms with van der Waals surface area (Å²) in [4.78, 5) is 60.1. The largest absolute Gasteiger partial charge is 0.480 e. The van der Waals surface area contributed by atoms with Crippen LogP contribution in [0.25, 0.3) is 0 Å². The van der Waals surface area contributed by atoms with E-state index in [-0.39, 0.29) is 6.42 Å². The molecule has 3 N–H and O–H groups in total. The Hall–Kier alpha value is -3.50. The van der Waals surface area contributed by atoms with Gasteiger partial charge in [-0.3, -0.25) is 19.2 Å². The van der Waals surface area contributed by atoms with Crippen molar-refractivity contribution in [1.29, 1.82) is 0 Å². The molecule has 0 saturated heterocycles. The van der Waals surface area contributed by atoms with Crippen LogP contribution >= 0.6 is 0 Å². The van der Waals surface area contributed by atoms with Crippen molar-refractivity contribution < 1.29 is 42.9 Å². The number of carbonyl (C=O) groups is 5. The zero-order chi connectivity index (χ0) is 23.7. The monoisotopic (exact) mass is 440 g/mol. The number of aliphatic carboxylic acids is 1. The standard InChI is InChI=1S/C20H25FN2O8/c1-10(15(19(28)30-3)20(29)31-4)16(18(26)27)23-17(25)14(22-11(2)24)9-12-5-7-13(21)8-6-12/h5-8,10,14-16H,9H2,1-4H3,(H,22,24)(H,23,25)(H,26,27)/t10-,14+,16+/m0/s1. The highest BCUT2D eigenvalue weighted by molar-refractivity contribution is 5.97. The molecule has 0 radical (unpaired) electrons. The van der Waals surface area contributed by atoms with E-state index in [1.807, 2.05) is 0 Å². The first-order valence-corrected chi connectivity index (χ1v) is 9.22. The van der Waals surface area contributed by atoms with Crippen LogP contribution in [0.4, 0.5) is 4.39 Å². The number of esters is 2. The number of methoxy groups -OCH3 is 2. The molecule has 0 heterocycles. The number of carbonyl (C=O) groups excluding carboxylic acids is 4. The van der Waals surface area contributed by atoms with E-state index in [2.05, 4.69) is 20.1 Å². The van der Waals surface area contributed by atoms with Crippen LogP contribution < -0.4 is 10.6 Å². The molecule has 2 amide bonds. The van der Waals surface area contributed by atoms with Gasteiger partial charge < -0.3 is 25.2 Å². The van der Waals surface area contributed by atoms with Crippen LogP contribution in [0.1, 0.15) is 19.4 Å². The summed E-state index contributed by atoms with van der Waals surface area (Å²) in [7, 11) is 2.05. The van der Waals surface area contributed by atoms with Crippen molar-refractivity contribution in [3.8, 4) is 0 Å². The molecule has 10 nitrogen and oxygen atoms in total. The fraction of sp³-hybridized carbons (Fsp3) is 0.450. The summed E-state index contributed by atoms with van der Waals surface area (Å²) >= 11 is 0. The number of rotatable bonds is 10. The van der Waals surface area contributed by atoms with Gasteiger partial charge in [0.05, 0.1) is 14.2 Å². The van der Waals surface area contributed by atoms with E-state index in [0.717, 1.165) is 14.2 Å². The molecule has 3 atom stereocenters. The molecule has 1 rings (SSSR count). The molecule has 1 aromatic carbocycles. The van der Waals surface area contributed by atoms with Gasteiger partial charge in [-0.25, -0.2) is 9.18 Å². The second-order valence-corrected chi connectivity index (χ2v) is 6.79. The van der Waals surface area contributed by atoms with Crippen LogP contribution in [0, 0.1) is 17.7 Å². The molecule has 0 aliphatic carbocycles. The first-order valence-electron chi connectivity index (χ1n) is 9.22. The van der Waals surface area contributed by atoms with Crippen molar-refractivity contribution in [2.75, 3.05) is 14.2 Å². The first kappa shape index (κ1) is 25.5. The van der Waals surface area contributed by atoms with Gasteiger partial charge >= 0.3 is 17.9 Å². The number of amides is 2. The summed E-state index contributed by atoms with van der Waals surface area (Å²) in [5.41, 5.74) is 0.511. The van der Waals surface area contributed by atoms with E-state index in [9.17, 15) is 33.5 Å². The van der Waals surface area contributed by atoms with Crippen LogP contribution in [0.5, 0.6) is 0 Å². The lowest BCUT2D eigenvalue weighted by Gasteiger charge is -2.27. The Morgan fingerprint density at radius 2 is 1.52 bits per heavy atom. The topological polar surface area (TPSA) is 148 Å². The Balaban J connectivity index is 3.12. The average Bonchev–Trinajstić information content (AvgIpc) is 2.71. The van der Waals surface area contributed by atoms with E-state index < -0.39 is 59.5 Å². The molecule has 31 heavy (non-hydrogen) atoms. The second-order valence-electron chi connectivity index (χ2n) is 6.79. The van der Waals surface area contributed by atoms with E-state index in [0.29, 0.717) is 5.56 Å². The Kier molecular flexibility index (Phi) is 9.58. The zero-order valence-corrected chi connectivity index (χ0v) is 17.5. The summed E-state index contributed by atoms with van der Waals surface area (Å²) in [6.45, 7) is 2.44. The summed E-state index contributed by atoms with van der Waals surface area (Å²) in [6, 6.07) is 2.32. The average molecular weight is 440 g/mol. The number of ether oxygens (including phenoxy) is 2. The zero-order valence-electron chi connectivity index (χ0n) is 17.5. The predicted octanol–water partition coefficient (Wildman–Crippen LogP) is 0.0406. The lowest BCUT2D eigenvalue weighted by atomic mass is 9.87. The highest BCUT2D eigenvalue weighted by Crippen LogP contribution is 2.20. The molecule has 0 spiro atoms. The summed E-state index contributed by atoms with van der Waals surface area (Å²) < 4.78 is 22.2. The van der Waals surface area contributed by atoms with Crippen molar-refractivity contribution in [3.63, 3.8) is 0 Å². The summed E-state index contributed by atoms with van der Waals surface area (Å²) in [6.07, 6.45) is -0.0517. The molecule has 0 saturated carbocycles. The summed E-state index contributed by atoms with van der Waals surface area (Å²) in [5, 5.41) is 14.2. The van der Waals surface area contributed by atoms with Gasteiger partial charge in [0.25, 0.3) is 0 Å². The highest BCUT2D eigenvalue weighted by atomic mass is 19.1. The van der Waals surface area contributed by atoms with Gasteiger partial charge in [0.1, 0.15) is 17.9 Å². The lowest BCUT2D eigenvalue weighted by Crippen LogP contribution is -2.56. The quantitative estimate of drug-likeness (QED) is 0.341. The van der Waals surface area contributed by atoms with Gasteiger partial charge in [-0.2, -0.15) is 0 Å². The minimum absolute atomic E-state index is 0.0517. The van der Waals surface area contributed by atoms with Gasteiger partial charge in [0, 0.05) is 19.3 Å². The molecule has 170 valence electrons. The Morgan fingerprint density at radius 3 is 1.94 bits per heavy atom. The smallest absolute Gasteiger partial charge is 0.326 e. The second kappa shape index (κ2) is 11.6. The minimum atomic E-state index is -1.68. The van der Waals surface area contributed by atoms with Crippen molar-refractivity contribution >= 4 is 29.7 Å². The predicted molar refractivity (Wildman–Crippen MR) is 104 cm³/mol. The molecule has 11 heteroatoms. The van der Waals surface area contributed by atoms with E-state index >= 15 is 0 Å². The normalized spacial score (nSPS) is 13.5. The highest BCUT2D eigenvalue weighted by Gasteiger charge is 2.42. The maximum Gasteiger partial charge on any atom is 0.326 e. The third-order valence-corrected chi connectivity index (χ3v) is 4.57. The van der Waals surface area contributed by atoms with Crippen molar-refractivity contribution in [1.82, 2.24) is 10.6 Å². The molecular formula is C20H25FN2O8. The van der Waals surface area contributed by atoms with Crippen LogP contribution in [-0.2, 0) is 39.9 Å². The SMILES string of the molecule is COC(=O)C(C(=O)OC)[C@H](C)[C@@H](NC(=O)[C@@H](Cc1ccc(F)cc1)NC(C)=O)C(=O)O. The van der Waals surface area contributed by atoms with E-state index in [1.165, 1.54) is 38.1 Å². The van der Waals surface area contributed by atoms with Gasteiger partial charge in [-0.1, -0.05) is 19.1 Å². The van der Waals surface area contributed by atoms with Gasteiger partial charge in [0.15, 0.2) is 5.92 Å². The first-order chi connectivity index (χ1) is 14.5. The Labute approximate surface area is 178 Å². The van der Waals surface area contributed by atoms with Gasteiger partial charge in [-0.15, -0.1) is 0 Å². The molecule has 0 bridgehead atoms. The van der Waals surface area contributed by atoms with Gasteiger partial charge in [0.2, 0.25) is 11.8 Å². The van der Waals surface area contributed by atoms with E-state index in [1.54, 1.807) is 0 Å².